The Kier molecular flexibility index (Phi) is 6.23. The molecular weight excluding hydrogens is 264 g/mol. The first-order valence-corrected chi connectivity index (χ1v) is 8.19. The largest absolute Gasteiger partial charge is 0.349 e. The first-order chi connectivity index (χ1) is 10.2. The molecule has 0 unspecified atom stereocenters. The van der Waals surface area contributed by atoms with Gasteiger partial charge in [-0.25, -0.2) is 0 Å². The number of nitrogens with zero attached hydrogens (tertiary/aromatic N) is 3. The van der Waals surface area contributed by atoms with Crippen molar-refractivity contribution in [2.24, 2.45) is 7.05 Å². The Labute approximate surface area is 127 Å². The zero-order chi connectivity index (χ0) is 15.1. The van der Waals surface area contributed by atoms with E-state index in [1.54, 1.807) is 4.68 Å². The second-order valence-corrected chi connectivity index (χ2v) is 5.98. The van der Waals surface area contributed by atoms with Crippen LogP contribution in [0, 0.1) is 0 Å². The Morgan fingerprint density at radius 3 is 2.76 bits per heavy atom. The molecule has 1 N–H and O–H groups in total. The quantitative estimate of drug-likeness (QED) is 0.838. The minimum Gasteiger partial charge on any atom is -0.349 e. The van der Waals surface area contributed by atoms with Crippen LogP contribution < -0.4 is 5.32 Å². The number of rotatable bonds is 7. The highest BCUT2D eigenvalue weighted by atomic mass is 16.1. The van der Waals surface area contributed by atoms with Gasteiger partial charge in [0.25, 0.3) is 0 Å². The van der Waals surface area contributed by atoms with Gasteiger partial charge in [-0.2, -0.15) is 5.10 Å². The molecule has 118 valence electrons. The van der Waals surface area contributed by atoms with Gasteiger partial charge in [0, 0.05) is 25.2 Å². The lowest BCUT2D eigenvalue weighted by atomic mass is 10.1. The summed E-state index contributed by atoms with van der Waals surface area (Å²) < 4.78 is 1.78. The van der Waals surface area contributed by atoms with Gasteiger partial charge >= 0.3 is 0 Å². The number of carbonyl (C=O) groups is 1. The van der Waals surface area contributed by atoms with Crippen molar-refractivity contribution in [1.82, 2.24) is 20.0 Å². The second kappa shape index (κ2) is 8.17. The summed E-state index contributed by atoms with van der Waals surface area (Å²) in [5.41, 5.74) is 1.09. The van der Waals surface area contributed by atoms with Crippen molar-refractivity contribution in [3.63, 3.8) is 0 Å². The Morgan fingerprint density at radius 1 is 1.38 bits per heavy atom. The normalized spacial score (nSPS) is 17.6. The molecule has 5 nitrogen and oxygen atoms in total. The topological polar surface area (TPSA) is 50.2 Å². The molecule has 1 amide bonds. The average molecular weight is 292 g/mol. The fourth-order valence-electron chi connectivity index (χ4n) is 2.95. The zero-order valence-electron chi connectivity index (χ0n) is 13.3. The Morgan fingerprint density at radius 2 is 2.14 bits per heavy atom. The molecule has 5 heteroatoms. The standard InChI is InChI=1S/C16H28N4O/c1-3-15(14-12-17-19(2)13-14)18-16(21)8-7-11-20-9-5-4-6-10-20/h12-13,15H,3-11H2,1-2H3,(H,18,21)/t15-/m1/s1. The maximum Gasteiger partial charge on any atom is 0.220 e. The molecule has 0 aromatic carbocycles. The average Bonchev–Trinajstić information content (AvgIpc) is 2.92. The van der Waals surface area contributed by atoms with E-state index in [1.807, 2.05) is 19.4 Å². The van der Waals surface area contributed by atoms with Crippen LogP contribution in [0.1, 0.15) is 57.1 Å². The predicted molar refractivity (Wildman–Crippen MR) is 83.9 cm³/mol. The number of hydrogen-bond donors (Lipinski definition) is 1. The number of aromatic nitrogens is 2. The molecule has 1 atom stereocenters. The number of hydrogen-bond acceptors (Lipinski definition) is 3. The molecular formula is C16H28N4O. The second-order valence-electron chi connectivity index (χ2n) is 5.98. The first kappa shape index (κ1) is 16.0. The highest BCUT2D eigenvalue weighted by molar-refractivity contribution is 5.76. The van der Waals surface area contributed by atoms with Crippen LogP contribution in [0.5, 0.6) is 0 Å². The zero-order valence-corrected chi connectivity index (χ0v) is 13.3. The Balaban J connectivity index is 1.70. The van der Waals surface area contributed by atoms with Crippen molar-refractivity contribution < 1.29 is 4.79 Å². The number of aryl methyl sites for hydroxylation is 1. The van der Waals surface area contributed by atoms with Gasteiger partial charge in [0.1, 0.15) is 0 Å². The summed E-state index contributed by atoms with van der Waals surface area (Å²) >= 11 is 0. The SMILES string of the molecule is CC[C@@H](NC(=O)CCCN1CCCCC1)c1cnn(C)c1. The molecule has 1 fully saturated rings. The number of carbonyl (C=O) groups excluding carboxylic acids is 1. The van der Waals surface area contributed by atoms with E-state index in [9.17, 15) is 4.79 Å². The van der Waals surface area contributed by atoms with Gasteiger partial charge in [-0.05, 0) is 45.3 Å². The van der Waals surface area contributed by atoms with Crippen molar-refractivity contribution in [3.05, 3.63) is 18.0 Å². The molecule has 1 aromatic heterocycles. The molecule has 0 aliphatic carbocycles. The van der Waals surface area contributed by atoms with E-state index in [0.29, 0.717) is 6.42 Å². The Hall–Kier alpha value is -1.36. The van der Waals surface area contributed by atoms with E-state index < -0.39 is 0 Å². The summed E-state index contributed by atoms with van der Waals surface area (Å²) in [4.78, 5) is 14.6. The monoisotopic (exact) mass is 292 g/mol. The maximum atomic E-state index is 12.1. The highest BCUT2D eigenvalue weighted by Crippen LogP contribution is 2.15. The fourth-order valence-corrected chi connectivity index (χ4v) is 2.95. The number of nitrogens with one attached hydrogen (secondary N) is 1. The van der Waals surface area contributed by atoms with Crippen molar-refractivity contribution in [3.8, 4) is 0 Å². The molecule has 1 aromatic rings. The lowest BCUT2D eigenvalue weighted by molar-refractivity contribution is -0.122. The van der Waals surface area contributed by atoms with Crippen LogP contribution in [-0.2, 0) is 11.8 Å². The third-order valence-corrected chi connectivity index (χ3v) is 4.20. The molecule has 2 heterocycles. The lowest BCUT2D eigenvalue weighted by Crippen LogP contribution is -2.32. The number of piperidine rings is 1. The summed E-state index contributed by atoms with van der Waals surface area (Å²) in [6.07, 6.45) is 10.3. The molecule has 0 spiro atoms. The summed E-state index contributed by atoms with van der Waals surface area (Å²) in [5.74, 6) is 0.155. The van der Waals surface area contributed by atoms with E-state index in [0.717, 1.165) is 24.9 Å². The number of amides is 1. The van der Waals surface area contributed by atoms with E-state index >= 15 is 0 Å². The van der Waals surface area contributed by atoms with Gasteiger partial charge < -0.3 is 10.2 Å². The van der Waals surface area contributed by atoms with E-state index in [2.05, 4.69) is 22.2 Å². The summed E-state index contributed by atoms with van der Waals surface area (Å²) in [6.45, 7) is 5.55. The molecule has 1 aliphatic heterocycles. The first-order valence-electron chi connectivity index (χ1n) is 8.19. The molecule has 0 radical (unpaired) electrons. The lowest BCUT2D eigenvalue weighted by Gasteiger charge is -2.26. The van der Waals surface area contributed by atoms with Crippen LogP contribution in [0.3, 0.4) is 0 Å². The fraction of sp³-hybridized carbons (Fsp3) is 0.750. The number of likely N-dealkylation sites (tertiary alicyclic amines) is 1. The van der Waals surface area contributed by atoms with Crippen LogP contribution >= 0.6 is 0 Å². The van der Waals surface area contributed by atoms with E-state index in [-0.39, 0.29) is 11.9 Å². The van der Waals surface area contributed by atoms with Crippen molar-refractivity contribution in [2.45, 2.75) is 51.5 Å². The maximum absolute atomic E-state index is 12.1. The summed E-state index contributed by atoms with van der Waals surface area (Å²) in [6, 6.07) is 0.0844. The van der Waals surface area contributed by atoms with Crippen LogP contribution in [-0.4, -0.2) is 40.2 Å². The molecule has 2 rings (SSSR count). The van der Waals surface area contributed by atoms with Crippen LogP contribution in [0.4, 0.5) is 0 Å². The molecule has 0 saturated carbocycles. The predicted octanol–water partition coefficient (Wildman–Crippen LogP) is 2.25. The van der Waals surface area contributed by atoms with Gasteiger partial charge in [-0.3, -0.25) is 9.48 Å². The van der Waals surface area contributed by atoms with Crippen LogP contribution in [0.15, 0.2) is 12.4 Å². The smallest absolute Gasteiger partial charge is 0.220 e. The van der Waals surface area contributed by atoms with Gasteiger partial charge in [-0.1, -0.05) is 13.3 Å². The van der Waals surface area contributed by atoms with Gasteiger partial charge in [-0.15, -0.1) is 0 Å². The van der Waals surface area contributed by atoms with Crippen LogP contribution in [0.25, 0.3) is 0 Å². The van der Waals surface area contributed by atoms with Crippen molar-refractivity contribution in [2.75, 3.05) is 19.6 Å². The molecule has 21 heavy (non-hydrogen) atoms. The highest BCUT2D eigenvalue weighted by Gasteiger charge is 2.15. The van der Waals surface area contributed by atoms with Gasteiger partial charge in [0.15, 0.2) is 0 Å². The Bertz CT molecular complexity index is 437. The minimum absolute atomic E-state index is 0.0844. The third-order valence-electron chi connectivity index (χ3n) is 4.20. The molecule has 1 saturated heterocycles. The molecule has 1 aliphatic rings. The van der Waals surface area contributed by atoms with Gasteiger partial charge in [0.2, 0.25) is 5.91 Å². The van der Waals surface area contributed by atoms with Crippen molar-refractivity contribution >= 4 is 5.91 Å². The van der Waals surface area contributed by atoms with Gasteiger partial charge in [0.05, 0.1) is 12.2 Å². The van der Waals surface area contributed by atoms with Crippen LogP contribution in [0.2, 0.25) is 0 Å². The van der Waals surface area contributed by atoms with Crippen molar-refractivity contribution in [1.29, 1.82) is 0 Å². The minimum atomic E-state index is 0.0844. The van der Waals surface area contributed by atoms with E-state index in [4.69, 9.17) is 0 Å². The summed E-state index contributed by atoms with van der Waals surface area (Å²) in [5, 5.41) is 7.30. The third kappa shape index (κ3) is 5.16. The summed E-state index contributed by atoms with van der Waals surface area (Å²) in [7, 11) is 1.90. The molecule has 0 bridgehead atoms. The van der Waals surface area contributed by atoms with E-state index in [1.165, 1.54) is 32.4 Å².